The van der Waals surface area contributed by atoms with Crippen molar-refractivity contribution in [2.45, 2.75) is 20.3 Å². The SMILES string of the molecule is COc1ccc(NC(=O)c2cc(Br)ccc2OCCC(C)C)cc1Cl. The summed E-state index contributed by atoms with van der Waals surface area (Å²) >= 11 is 9.50. The molecule has 0 bridgehead atoms. The second-order valence-corrected chi connectivity index (χ2v) is 7.30. The van der Waals surface area contributed by atoms with E-state index >= 15 is 0 Å². The van der Waals surface area contributed by atoms with Crippen LogP contribution in [-0.2, 0) is 0 Å². The lowest BCUT2D eigenvalue weighted by molar-refractivity contribution is 0.102. The van der Waals surface area contributed by atoms with E-state index in [0.29, 0.717) is 40.3 Å². The summed E-state index contributed by atoms with van der Waals surface area (Å²) in [6, 6.07) is 10.5. The molecular weight excluding hydrogens is 406 g/mol. The van der Waals surface area contributed by atoms with Gasteiger partial charge in [-0.25, -0.2) is 0 Å². The number of halogens is 2. The van der Waals surface area contributed by atoms with Gasteiger partial charge in [-0.1, -0.05) is 41.4 Å². The first-order valence-corrected chi connectivity index (χ1v) is 9.15. The van der Waals surface area contributed by atoms with Crippen molar-refractivity contribution in [3.63, 3.8) is 0 Å². The largest absolute Gasteiger partial charge is 0.495 e. The molecule has 4 nitrogen and oxygen atoms in total. The van der Waals surface area contributed by atoms with Gasteiger partial charge in [0.2, 0.25) is 0 Å². The predicted octanol–water partition coefficient (Wildman–Crippen LogP) is 5.79. The Bertz CT molecular complexity index is 749. The van der Waals surface area contributed by atoms with E-state index in [4.69, 9.17) is 21.1 Å². The number of anilines is 1. The molecule has 2 aromatic rings. The number of carbonyl (C=O) groups excluding carboxylic acids is 1. The van der Waals surface area contributed by atoms with E-state index in [1.54, 1.807) is 37.4 Å². The van der Waals surface area contributed by atoms with Gasteiger partial charge in [0, 0.05) is 10.2 Å². The Labute approximate surface area is 161 Å². The fraction of sp³-hybridized carbons (Fsp3) is 0.316. The fourth-order valence-electron chi connectivity index (χ4n) is 2.15. The smallest absolute Gasteiger partial charge is 0.259 e. The summed E-state index contributed by atoms with van der Waals surface area (Å²) in [5.74, 6) is 1.39. The maximum Gasteiger partial charge on any atom is 0.259 e. The monoisotopic (exact) mass is 425 g/mol. The van der Waals surface area contributed by atoms with E-state index in [-0.39, 0.29) is 5.91 Å². The van der Waals surface area contributed by atoms with Crippen LogP contribution in [0.5, 0.6) is 11.5 Å². The Kier molecular flexibility index (Phi) is 7.14. The molecule has 6 heteroatoms. The van der Waals surface area contributed by atoms with Crippen molar-refractivity contribution in [3.05, 3.63) is 51.5 Å². The summed E-state index contributed by atoms with van der Waals surface area (Å²) in [5.41, 5.74) is 1.05. The number of hydrogen-bond donors (Lipinski definition) is 1. The lowest BCUT2D eigenvalue weighted by atomic mass is 10.1. The Hall–Kier alpha value is -1.72. The first-order valence-electron chi connectivity index (χ1n) is 7.98. The first-order chi connectivity index (χ1) is 11.9. The maximum absolute atomic E-state index is 12.7. The second-order valence-electron chi connectivity index (χ2n) is 5.97. The molecule has 0 saturated carbocycles. The minimum Gasteiger partial charge on any atom is -0.495 e. The van der Waals surface area contributed by atoms with Gasteiger partial charge in [-0.3, -0.25) is 4.79 Å². The van der Waals surface area contributed by atoms with Crippen LogP contribution in [0.3, 0.4) is 0 Å². The number of amides is 1. The zero-order valence-electron chi connectivity index (χ0n) is 14.4. The number of carbonyl (C=O) groups is 1. The molecule has 0 saturated heterocycles. The van der Waals surface area contributed by atoms with Crippen molar-refractivity contribution >= 4 is 39.1 Å². The van der Waals surface area contributed by atoms with Crippen LogP contribution in [0.1, 0.15) is 30.6 Å². The zero-order chi connectivity index (χ0) is 18.4. The standard InChI is InChI=1S/C19H21BrClNO3/c1-12(2)8-9-25-17-6-4-13(20)10-15(17)19(23)22-14-5-7-18(24-3)16(21)11-14/h4-7,10-12H,8-9H2,1-3H3,(H,22,23). The molecule has 0 aliphatic rings. The summed E-state index contributed by atoms with van der Waals surface area (Å²) in [5, 5.41) is 3.27. The topological polar surface area (TPSA) is 47.6 Å². The molecule has 1 amide bonds. The molecule has 134 valence electrons. The van der Waals surface area contributed by atoms with Gasteiger partial charge < -0.3 is 14.8 Å². The maximum atomic E-state index is 12.7. The van der Waals surface area contributed by atoms with E-state index < -0.39 is 0 Å². The molecule has 2 rings (SSSR count). The normalized spacial score (nSPS) is 10.6. The average molecular weight is 427 g/mol. The highest BCUT2D eigenvalue weighted by molar-refractivity contribution is 9.10. The summed E-state index contributed by atoms with van der Waals surface area (Å²) in [6.07, 6.45) is 0.922. The van der Waals surface area contributed by atoms with Crippen molar-refractivity contribution < 1.29 is 14.3 Å². The number of nitrogens with one attached hydrogen (secondary N) is 1. The van der Waals surface area contributed by atoms with Crippen LogP contribution in [0.2, 0.25) is 5.02 Å². The van der Waals surface area contributed by atoms with E-state index in [0.717, 1.165) is 10.9 Å². The van der Waals surface area contributed by atoms with Gasteiger partial charge in [0.15, 0.2) is 0 Å². The third kappa shape index (κ3) is 5.65. The minimum atomic E-state index is -0.262. The predicted molar refractivity (Wildman–Crippen MR) is 105 cm³/mol. The molecule has 1 N–H and O–H groups in total. The number of methoxy groups -OCH3 is 1. The molecule has 0 radical (unpaired) electrons. The van der Waals surface area contributed by atoms with Crippen LogP contribution in [0, 0.1) is 5.92 Å². The fourth-order valence-corrected chi connectivity index (χ4v) is 2.77. The van der Waals surface area contributed by atoms with Crippen LogP contribution >= 0.6 is 27.5 Å². The van der Waals surface area contributed by atoms with Gasteiger partial charge in [-0.15, -0.1) is 0 Å². The Morgan fingerprint density at radius 3 is 2.56 bits per heavy atom. The lowest BCUT2D eigenvalue weighted by Gasteiger charge is -2.13. The molecule has 2 aromatic carbocycles. The average Bonchev–Trinajstić information content (AvgIpc) is 2.56. The molecule has 0 unspecified atom stereocenters. The third-order valence-electron chi connectivity index (χ3n) is 3.55. The summed E-state index contributed by atoms with van der Waals surface area (Å²) < 4.78 is 11.7. The van der Waals surface area contributed by atoms with Crippen LogP contribution in [0.15, 0.2) is 40.9 Å². The molecule has 0 spiro atoms. The van der Waals surface area contributed by atoms with Gasteiger partial charge in [-0.05, 0) is 48.7 Å². The Morgan fingerprint density at radius 2 is 1.92 bits per heavy atom. The number of hydrogen-bond acceptors (Lipinski definition) is 3. The van der Waals surface area contributed by atoms with Gasteiger partial charge in [0.25, 0.3) is 5.91 Å². The zero-order valence-corrected chi connectivity index (χ0v) is 16.8. The molecule has 0 aromatic heterocycles. The Morgan fingerprint density at radius 1 is 1.20 bits per heavy atom. The lowest BCUT2D eigenvalue weighted by Crippen LogP contribution is -2.14. The molecule has 0 atom stereocenters. The van der Waals surface area contributed by atoms with E-state index in [9.17, 15) is 4.79 Å². The quantitative estimate of drug-likeness (QED) is 0.609. The van der Waals surface area contributed by atoms with Crippen molar-refractivity contribution in [1.82, 2.24) is 0 Å². The Balaban J connectivity index is 2.17. The van der Waals surface area contributed by atoms with Crippen molar-refractivity contribution in [1.29, 1.82) is 0 Å². The highest BCUT2D eigenvalue weighted by Crippen LogP contribution is 2.29. The first kappa shape index (κ1) is 19.6. The molecule has 0 heterocycles. The van der Waals surface area contributed by atoms with Crippen LogP contribution < -0.4 is 14.8 Å². The molecular formula is C19H21BrClNO3. The molecule has 0 aliphatic heterocycles. The van der Waals surface area contributed by atoms with Gasteiger partial charge in [0.05, 0.1) is 24.3 Å². The molecule has 25 heavy (non-hydrogen) atoms. The summed E-state index contributed by atoms with van der Waals surface area (Å²) in [6.45, 7) is 4.83. The van der Waals surface area contributed by atoms with Crippen molar-refractivity contribution in [2.75, 3.05) is 19.0 Å². The summed E-state index contributed by atoms with van der Waals surface area (Å²) in [4.78, 5) is 12.7. The number of ether oxygens (including phenoxy) is 2. The van der Waals surface area contributed by atoms with Crippen LogP contribution in [0.4, 0.5) is 5.69 Å². The van der Waals surface area contributed by atoms with Gasteiger partial charge in [-0.2, -0.15) is 0 Å². The van der Waals surface area contributed by atoms with E-state index in [1.165, 1.54) is 0 Å². The van der Waals surface area contributed by atoms with E-state index in [1.807, 2.05) is 6.07 Å². The number of benzene rings is 2. The van der Waals surface area contributed by atoms with Gasteiger partial charge >= 0.3 is 0 Å². The van der Waals surface area contributed by atoms with Crippen molar-refractivity contribution in [2.24, 2.45) is 5.92 Å². The van der Waals surface area contributed by atoms with Crippen molar-refractivity contribution in [3.8, 4) is 11.5 Å². The second kappa shape index (κ2) is 9.11. The minimum absolute atomic E-state index is 0.262. The van der Waals surface area contributed by atoms with Crippen LogP contribution in [0.25, 0.3) is 0 Å². The highest BCUT2D eigenvalue weighted by atomic mass is 79.9. The third-order valence-corrected chi connectivity index (χ3v) is 4.34. The number of rotatable bonds is 7. The van der Waals surface area contributed by atoms with E-state index in [2.05, 4.69) is 35.1 Å². The molecule has 0 aliphatic carbocycles. The highest BCUT2D eigenvalue weighted by Gasteiger charge is 2.15. The molecule has 0 fully saturated rings. The van der Waals surface area contributed by atoms with Crippen LogP contribution in [-0.4, -0.2) is 19.6 Å². The van der Waals surface area contributed by atoms with Gasteiger partial charge in [0.1, 0.15) is 11.5 Å². The summed E-state index contributed by atoms with van der Waals surface area (Å²) in [7, 11) is 1.54.